The van der Waals surface area contributed by atoms with Gasteiger partial charge in [-0.2, -0.15) is 0 Å². The normalized spacial score (nSPS) is 16.6. The molecule has 1 aliphatic rings. The first-order valence-corrected chi connectivity index (χ1v) is 13.8. The first-order valence-electron chi connectivity index (χ1n) is 12.8. The first-order chi connectivity index (χ1) is 17.8. The molecular weight excluding hydrogens is 490 g/mol. The van der Waals surface area contributed by atoms with Crippen LogP contribution in [0.2, 0.25) is 0 Å². The predicted octanol–water partition coefficient (Wildman–Crippen LogP) is 8.60. The third-order valence-electron chi connectivity index (χ3n) is 6.57. The Morgan fingerprint density at radius 1 is 1.11 bits per heavy atom. The van der Waals surface area contributed by atoms with E-state index in [1.165, 1.54) is 12.5 Å². The second-order valence-corrected chi connectivity index (χ2v) is 10.1. The molecule has 0 spiro atoms. The topological polar surface area (TPSA) is 43.3 Å². The Hall–Kier alpha value is -3.06. The van der Waals surface area contributed by atoms with Crippen molar-refractivity contribution in [3.63, 3.8) is 0 Å². The van der Waals surface area contributed by atoms with Gasteiger partial charge in [0.15, 0.2) is 11.6 Å². The standard InChI is InChI=1S/C28H30F2N2O2S.C2H6/c1-5-35-31-21-10-13-26(34-27-12-9-20(29)14-25(27)30)23(15-21)24-16-32(4)28(33)18(3)22(24)11-8-19-7-6-17(19)2;1-2/h8-17,19,31H,5-7H2,1-4H3;1-2H3/b11-8-;/t17?,19-;/m0./s1. The second-order valence-electron chi connectivity index (χ2n) is 9.00. The van der Waals surface area contributed by atoms with Crippen LogP contribution in [0.3, 0.4) is 0 Å². The molecule has 1 saturated carbocycles. The minimum atomic E-state index is -0.782. The van der Waals surface area contributed by atoms with E-state index >= 15 is 0 Å². The number of ether oxygens (including phenoxy) is 1. The van der Waals surface area contributed by atoms with E-state index in [-0.39, 0.29) is 11.3 Å². The van der Waals surface area contributed by atoms with Crippen molar-refractivity contribution in [2.24, 2.45) is 18.9 Å². The van der Waals surface area contributed by atoms with E-state index in [2.05, 4.69) is 17.7 Å². The number of aryl methyl sites for hydroxylation is 1. The van der Waals surface area contributed by atoms with Gasteiger partial charge in [-0.3, -0.25) is 4.79 Å². The molecule has 37 heavy (non-hydrogen) atoms. The fourth-order valence-electron chi connectivity index (χ4n) is 4.26. The highest BCUT2D eigenvalue weighted by atomic mass is 32.2. The molecule has 0 amide bonds. The van der Waals surface area contributed by atoms with Crippen LogP contribution >= 0.6 is 11.9 Å². The summed E-state index contributed by atoms with van der Waals surface area (Å²) in [7, 11) is 1.72. The number of anilines is 1. The maximum absolute atomic E-state index is 14.4. The van der Waals surface area contributed by atoms with Gasteiger partial charge in [-0.25, -0.2) is 8.78 Å². The summed E-state index contributed by atoms with van der Waals surface area (Å²) in [5.74, 6) is 0.879. The number of hydrogen-bond donors (Lipinski definition) is 1. The molecule has 198 valence electrons. The Kier molecular flexibility index (Phi) is 9.98. The van der Waals surface area contributed by atoms with Crippen LogP contribution in [-0.4, -0.2) is 10.3 Å². The number of allylic oxidation sites excluding steroid dienone is 1. The summed E-state index contributed by atoms with van der Waals surface area (Å²) in [6.45, 7) is 10.1. The number of rotatable bonds is 8. The molecule has 1 aliphatic carbocycles. The van der Waals surface area contributed by atoms with Crippen molar-refractivity contribution in [1.82, 2.24) is 4.57 Å². The van der Waals surface area contributed by atoms with Crippen molar-refractivity contribution in [3.8, 4) is 22.6 Å². The minimum absolute atomic E-state index is 0.0711. The second kappa shape index (κ2) is 13.0. The lowest BCUT2D eigenvalue weighted by Crippen LogP contribution is -2.22. The Balaban J connectivity index is 0.00000186. The van der Waals surface area contributed by atoms with E-state index in [1.807, 2.05) is 45.9 Å². The van der Waals surface area contributed by atoms with Gasteiger partial charge in [0, 0.05) is 47.4 Å². The first kappa shape index (κ1) is 28.5. The van der Waals surface area contributed by atoms with Gasteiger partial charge in [-0.1, -0.05) is 51.8 Å². The quantitative estimate of drug-likeness (QED) is 0.299. The predicted molar refractivity (Wildman–Crippen MR) is 152 cm³/mol. The Labute approximate surface area is 222 Å². The number of halogens is 2. The van der Waals surface area contributed by atoms with Crippen LogP contribution in [0.25, 0.3) is 17.2 Å². The molecule has 1 fully saturated rings. The zero-order valence-electron chi connectivity index (χ0n) is 22.4. The highest BCUT2D eigenvalue weighted by Crippen LogP contribution is 2.40. The van der Waals surface area contributed by atoms with Crippen molar-refractivity contribution < 1.29 is 13.5 Å². The number of nitrogens with one attached hydrogen (secondary N) is 1. The molecule has 0 radical (unpaired) electrons. The Morgan fingerprint density at radius 2 is 1.84 bits per heavy atom. The minimum Gasteiger partial charge on any atom is -0.454 e. The zero-order valence-corrected chi connectivity index (χ0v) is 23.2. The monoisotopic (exact) mass is 526 g/mol. The molecular formula is C30H36F2N2O2S. The van der Waals surface area contributed by atoms with Crippen LogP contribution in [-0.2, 0) is 7.05 Å². The summed E-state index contributed by atoms with van der Waals surface area (Å²) in [6, 6.07) is 8.78. The van der Waals surface area contributed by atoms with E-state index in [1.54, 1.807) is 35.8 Å². The summed E-state index contributed by atoms with van der Waals surface area (Å²) < 4.78 is 38.7. The van der Waals surface area contributed by atoms with Crippen molar-refractivity contribution in [1.29, 1.82) is 0 Å². The summed E-state index contributed by atoms with van der Waals surface area (Å²) in [5, 5.41) is 0. The molecule has 0 aliphatic heterocycles. The fraction of sp³-hybridized carbons (Fsp3) is 0.367. The van der Waals surface area contributed by atoms with Crippen molar-refractivity contribution in [2.45, 2.75) is 47.5 Å². The summed E-state index contributed by atoms with van der Waals surface area (Å²) in [5.41, 5.74) is 3.74. The third kappa shape index (κ3) is 6.63. The van der Waals surface area contributed by atoms with Crippen molar-refractivity contribution in [3.05, 3.63) is 81.8 Å². The molecule has 1 unspecified atom stereocenters. The summed E-state index contributed by atoms with van der Waals surface area (Å²) in [4.78, 5) is 12.8. The van der Waals surface area contributed by atoms with Crippen molar-refractivity contribution in [2.75, 3.05) is 10.5 Å². The lowest BCUT2D eigenvalue weighted by atomic mass is 9.74. The van der Waals surface area contributed by atoms with Gasteiger partial charge in [0.05, 0.1) is 0 Å². The SMILES string of the molecule is CC.CCSNc1ccc(Oc2ccc(F)cc2F)c(-c2cn(C)c(=O)c(C)c2/C=C\[C@@H]2CCC2C)c1. The highest BCUT2D eigenvalue weighted by molar-refractivity contribution is 8.00. The zero-order chi connectivity index (χ0) is 27.1. The molecule has 0 bridgehead atoms. The molecule has 1 aromatic heterocycles. The number of nitrogens with zero attached hydrogens (tertiary/aromatic N) is 1. The van der Waals surface area contributed by atoms with E-state index < -0.39 is 11.6 Å². The summed E-state index contributed by atoms with van der Waals surface area (Å²) in [6.07, 6.45) is 8.37. The Morgan fingerprint density at radius 3 is 2.46 bits per heavy atom. The van der Waals surface area contributed by atoms with Gasteiger partial charge < -0.3 is 14.0 Å². The molecule has 1 heterocycles. The van der Waals surface area contributed by atoms with Crippen molar-refractivity contribution >= 4 is 23.7 Å². The maximum atomic E-state index is 14.4. The fourth-order valence-corrected chi connectivity index (χ4v) is 4.69. The molecule has 7 heteroatoms. The third-order valence-corrected chi connectivity index (χ3v) is 7.24. The lowest BCUT2D eigenvalue weighted by molar-refractivity contribution is 0.252. The van der Waals surface area contributed by atoms with Gasteiger partial charge in [0.2, 0.25) is 0 Å². The highest BCUT2D eigenvalue weighted by Gasteiger charge is 2.24. The molecule has 2 atom stereocenters. The van der Waals surface area contributed by atoms with Gasteiger partial charge in [0.25, 0.3) is 5.56 Å². The van der Waals surface area contributed by atoms with Gasteiger partial charge in [-0.05, 0) is 67.5 Å². The Bertz CT molecular complexity index is 1320. The maximum Gasteiger partial charge on any atom is 0.253 e. The molecule has 1 N–H and O–H groups in total. The van der Waals surface area contributed by atoms with Crippen LogP contribution in [0.4, 0.5) is 14.5 Å². The van der Waals surface area contributed by atoms with Crippen LogP contribution in [0.1, 0.15) is 51.7 Å². The van der Waals surface area contributed by atoms with E-state index in [0.29, 0.717) is 28.7 Å². The van der Waals surface area contributed by atoms with Crippen LogP contribution in [0.5, 0.6) is 11.5 Å². The number of aromatic nitrogens is 1. The molecule has 4 nitrogen and oxygen atoms in total. The number of benzene rings is 2. The van der Waals surface area contributed by atoms with E-state index in [0.717, 1.165) is 41.1 Å². The van der Waals surface area contributed by atoms with Crippen LogP contribution in [0.15, 0.2) is 53.5 Å². The van der Waals surface area contributed by atoms with Crippen LogP contribution < -0.4 is 15.0 Å². The average molecular weight is 527 g/mol. The van der Waals surface area contributed by atoms with Gasteiger partial charge in [-0.15, -0.1) is 0 Å². The largest absolute Gasteiger partial charge is 0.454 e. The number of pyridine rings is 1. The molecule has 3 aromatic rings. The van der Waals surface area contributed by atoms with Gasteiger partial charge in [0.1, 0.15) is 11.6 Å². The van der Waals surface area contributed by atoms with Gasteiger partial charge >= 0.3 is 0 Å². The molecule has 2 aromatic carbocycles. The van der Waals surface area contributed by atoms with E-state index in [9.17, 15) is 13.6 Å². The smallest absolute Gasteiger partial charge is 0.253 e. The summed E-state index contributed by atoms with van der Waals surface area (Å²) >= 11 is 1.56. The van der Waals surface area contributed by atoms with Crippen LogP contribution in [0, 0.1) is 30.4 Å². The lowest BCUT2D eigenvalue weighted by Gasteiger charge is -2.31. The molecule has 4 rings (SSSR count). The number of hydrogen-bond acceptors (Lipinski definition) is 4. The average Bonchev–Trinajstić information content (AvgIpc) is 2.89. The van der Waals surface area contributed by atoms with E-state index in [4.69, 9.17) is 4.74 Å². The molecule has 0 saturated heterocycles.